The van der Waals surface area contributed by atoms with Gasteiger partial charge in [0.2, 0.25) is 5.91 Å². The monoisotopic (exact) mass is 360 g/mol. The van der Waals surface area contributed by atoms with Crippen molar-refractivity contribution in [2.24, 2.45) is 5.92 Å². The predicted molar refractivity (Wildman–Crippen MR) is 104 cm³/mol. The molecule has 1 saturated carbocycles. The molecular formula is C20H20N6O. The van der Waals surface area contributed by atoms with Crippen LogP contribution in [0.15, 0.2) is 30.9 Å². The number of fused-ring (bicyclic) bond motifs is 1. The molecule has 0 unspecified atom stereocenters. The number of carbonyl (C=O) groups excluding carboxylic acids is 1. The fraction of sp³-hybridized carbons (Fsp3) is 0.300. The Morgan fingerprint density at radius 1 is 1.22 bits per heavy atom. The molecule has 0 saturated heterocycles. The van der Waals surface area contributed by atoms with Crippen LogP contribution in [-0.4, -0.2) is 32.7 Å². The fourth-order valence-corrected chi connectivity index (χ4v) is 2.82. The number of carbonyl (C=O) groups is 1. The van der Waals surface area contributed by atoms with E-state index in [1.807, 2.05) is 30.9 Å². The molecule has 3 heterocycles. The SMILES string of the molecule is CCn1cc(C#Cc2cnc(NC)c3cnc(NC(=O)C4CC4)cc23)cn1. The third kappa shape index (κ3) is 3.60. The highest BCUT2D eigenvalue weighted by Crippen LogP contribution is 2.31. The molecule has 3 aromatic rings. The highest BCUT2D eigenvalue weighted by Gasteiger charge is 2.29. The Kier molecular flexibility index (Phi) is 4.47. The van der Waals surface area contributed by atoms with Crippen LogP contribution in [0.4, 0.5) is 11.6 Å². The van der Waals surface area contributed by atoms with Crippen LogP contribution in [0.25, 0.3) is 10.8 Å². The van der Waals surface area contributed by atoms with E-state index >= 15 is 0 Å². The first-order valence-electron chi connectivity index (χ1n) is 8.99. The molecule has 0 aliphatic heterocycles. The first-order valence-corrected chi connectivity index (χ1v) is 8.99. The number of aromatic nitrogens is 4. The van der Waals surface area contributed by atoms with E-state index in [0.717, 1.165) is 47.1 Å². The molecule has 27 heavy (non-hydrogen) atoms. The van der Waals surface area contributed by atoms with Crippen molar-refractivity contribution in [3.05, 3.63) is 42.0 Å². The van der Waals surface area contributed by atoms with Crippen LogP contribution in [0.5, 0.6) is 0 Å². The van der Waals surface area contributed by atoms with E-state index in [-0.39, 0.29) is 11.8 Å². The maximum atomic E-state index is 12.0. The zero-order valence-corrected chi connectivity index (χ0v) is 15.3. The number of anilines is 2. The lowest BCUT2D eigenvalue weighted by atomic mass is 10.1. The number of nitrogens with zero attached hydrogens (tertiary/aromatic N) is 4. The first-order chi connectivity index (χ1) is 13.2. The maximum absolute atomic E-state index is 12.0. The maximum Gasteiger partial charge on any atom is 0.228 e. The molecule has 7 nitrogen and oxygen atoms in total. The summed E-state index contributed by atoms with van der Waals surface area (Å²) in [5, 5.41) is 12.0. The van der Waals surface area contributed by atoms with Crippen molar-refractivity contribution in [3.8, 4) is 11.8 Å². The molecular weight excluding hydrogens is 340 g/mol. The number of hydrogen-bond acceptors (Lipinski definition) is 5. The largest absolute Gasteiger partial charge is 0.373 e. The summed E-state index contributed by atoms with van der Waals surface area (Å²) in [5.74, 6) is 7.73. The highest BCUT2D eigenvalue weighted by atomic mass is 16.2. The Labute approximate surface area is 157 Å². The van der Waals surface area contributed by atoms with Gasteiger partial charge < -0.3 is 10.6 Å². The van der Waals surface area contributed by atoms with E-state index < -0.39 is 0 Å². The van der Waals surface area contributed by atoms with Crippen molar-refractivity contribution in [2.45, 2.75) is 26.3 Å². The van der Waals surface area contributed by atoms with Gasteiger partial charge in [-0.15, -0.1) is 0 Å². The Bertz CT molecular complexity index is 1070. The van der Waals surface area contributed by atoms with Crippen molar-refractivity contribution in [2.75, 3.05) is 17.7 Å². The average molecular weight is 360 g/mol. The van der Waals surface area contributed by atoms with Crippen molar-refractivity contribution in [1.29, 1.82) is 0 Å². The van der Waals surface area contributed by atoms with Gasteiger partial charge in [0.15, 0.2) is 0 Å². The van der Waals surface area contributed by atoms with Crippen LogP contribution in [0.2, 0.25) is 0 Å². The smallest absolute Gasteiger partial charge is 0.228 e. The van der Waals surface area contributed by atoms with Gasteiger partial charge in [-0.3, -0.25) is 9.48 Å². The van der Waals surface area contributed by atoms with E-state index in [1.165, 1.54) is 0 Å². The van der Waals surface area contributed by atoms with Gasteiger partial charge >= 0.3 is 0 Å². The fourth-order valence-electron chi connectivity index (χ4n) is 2.82. The van der Waals surface area contributed by atoms with Crippen LogP contribution >= 0.6 is 0 Å². The number of amides is 1. The molecule has 0 bridgehead atoms. The standard InChI is InChI=1S/C20H20N6O/c1-3-26-12-13(9-24-26)4-5-15-10-23-19(21-2)17-11-22-18(8-16(15)17)25-20(27)14-6-7-14/h8-12,14H,3,6-7H2,1-2H3,(H,21,23)(H,22,25,27). The van der Waals surface area contributed by atoms with Gasteiger partial charge in [0.1, 0.15) is 11.6 Å². The zero-order chi connectivity index (χ0) is 18.8. The van der Waals surface area contributed by atoms with Gasteiger partial charge in [-0.2, -0.15) is 5.10 Å². The molecule has 2 N–H and O–H groups in total. The Balaban J connectivity index is 1.73. The lowest BCUT2D eigenvalue weighted by Crippen LogP contribution is -2.14. The van der Waals surface area contributed by atoms with E-state index in [4.69, 9.17) is 0 Å². The summed E-state index contributed by atoms with van der Waals surface area (Å²) >= 11 is 0. The van der Waals surface area contributed by atoms with E-state index in [9.17, 15) is 4.79 Å². The lowest BCUT2D eigenvalue weighted by molar-refractivity contribution is -0.117. The third-order valence-electron chi connectivity index (χ3n) is 4.51. The van der Waals surface area contributed by atoms with E-state index in [1.54, 1.807) is 18.6 Å². The van der Waals surface area contributed by atoms with Crippen LogP contribution in [0, 0.1) is 17.8 Å². The average Bonchev–Trinajstić information content (AvgIpc) is 3.45. The number of rotatable bonds is 4. The summed E-state index contributed by atoms with van der Waals surface area (Å²) in [6, 6.07) is 1.86. The molecule has 1 aliphatic rings. The number of pyridine rings is 2. The van der Waals surface area contributed by atoms with Crippen LogP contribution < -0.4 is 10.6 Å². The summed E-state index contributed by atoms with van der Waals surface area (Å²) in [6.07, 6.45) is 9.02. The van der Waals surface area contributed by atoms with Crippen LogP contribution in [-0.2, 0) is 11.3 Å². The molecule has 0 radical (unpaired) electrons. The second-order valence-electron chi connectivity index (χ2n) is 6.48. The molecule has 7 heteroatoms. The zero-order valence-electron chi connectivity index (χ0n) is 15.3. The molecule has 1 amide bonds. The number of aryl methyl sites for hydroxylation is 1. The van der Waals surface area contributed by atoms with E-state index in [0.29, 0.717) is 5.82 Å². The predicted octanol–water partition coefficient (Wildman–Crippen LogP) is 2.64. The molecule has 1 aliphatic carbocycles. The van der Waals surface area contributed by atoms with Gasteiger partial charge in [0, 0.05) is 48.9 Å². The summed E-state index contributed by atoms with van der Waals surface area (Å²) in [7, 11) is 1.81. The van der Waals surface area contributed by atoms with Crippen LogP contribution in [0.3, 0.4) is 0 Å². The molecule has 0 spiro atoms. The quantitative estimate of drug-likeness (QED) is 0.699. The summed E-state index contributed by atoms with van der Waals surface area (Å²) in [4.78, 5) is 20.8. The Morgan fingerprint density at radius 3 is 2.78 bits per heavy atom. The summed E-state index contributed by atoms with van der Waals surface area (Å²) in [5.41, 5.74) is 1.62. The minimum Gasteiger partial charge on any atom is -0.373 e. The summed E-state index contributed by atoms with van der Waals surface area (Å²) in [6.45, 7) is 2.83. The molecule has 136 valence electrons. The first kappa shape index (κ1) is 17.0. The second-order valence-corrected chi connectivity index (χ2v) is 6.48. The third-order valence-corrected chi connectivity index (χ3v) is 4.51. The number of nitrogens with one attached hydrogen (secondary N) is 2. The number of hydrogen-bond donors (Lipinski definition) is 2. The van der Waals surface area contributed by atoms with E-state index in [2.05, 4.69) is 37.5 Å². The van der Waals surface area contributed by atoms with Crippen molar-refractivity contribution in [3.63, 3.8) is 0 Å². The molecule has 3 aromatic heterocycles. The second kappa shape index (κ2) is 7.08. The molecule has 4 rings (SSSR count). The molecule has 0 aromatic carbocycles. The lowest BCUT2D eigenvalue weighted by Gasteiger charge is -2.09. The van der Waals surface area contributed by atoms with Gasteiger partial charge in [-0.1, -0.05) is 11.8 Å². The van der Waals surface area contributed by atoms with Gasteiger partial charge in [0.05, 0.1) is 17.3 Å². The highest BCUT2D eigenvalue weighted by molar-refractivity contribution is 5.99. The topological polar surface area (TPSA) is 84.7 Å². The Morgan fingerprint density at radius 2 is 2.07 bits per heavy atom. The minimum absolute atomic E-state index is 0.0318. The van der Waals surface area contributed by atoms with Crippen molar-refractivity contribution in [1.82, 2.24) is 19.7 Å². The molecule has 0 atom stereocenters. The van der Waals surface area contributed by atoms with Crippen molar-refractivity contribution < 1.29 is 4.79 Å². The molecule has 1 fully saturated rings. The normalized spacial score (nSPS) is 13.1. The minimum atomic E-state index is 0.0318. The van der Waals surface area contributed by atoms with Gasteiger partial charge in [-0.05, 0) is 25.8 Å². The van der Waals surface area contributed by atoms with Crippen molar-refractivity contribution >= 4 is 28.3 Å². The van der Waals surface area contributed by atoms with Crippen LogP contribution in [0.1, 0.15) is 30.9 Å². The Hall–Kier alpha value is -3.40. The van der Waals surface area contributed by atoms with Gasteiger partial charge in [-0.25, -0.2) is 9.97 Å². The van der Waals surface area contributed by atoms with Gasteiger partial charge in [0.25, 0.3) is 0 Å². The summed E-state index contributed by atoms with van der Waals surface area (Å²) < 4.78 is 1.83.